The molecule has 0 aromatic heterocycles. The Balaban J connectivity index is 0.000000342. The number of carbonyl (C=O) groups excluding carboxylic acids is 4. The lowest BCUT2D eigenvalue weighted by molar-refractivity contribution is -0.165. The average molecular weight is 535 g/mol. The third-order valence-electron chi connectivity index (χ3n) is 4.29. The van der Waals surface area contributed by atoms with E-state index in [1.54, 1.807) is 36.4 Å². The van der Waals surface area contributed by atoms with E-state index in [-0.39, 0.29) is 0 Å². The Kier molecular flexibility index (Phi) is 11.7. The number of benzene rings is 2. The molecule has 0 aliphatic heterocycles. The van der Waals surface area contributed by atoms with E-state index < -0.39 is 36.1 Å². The third-order valence-corrected chi connectivity index (χ3v) is 5.01. The average Bonchev–Trinajstić information content (AvgIpc) is 2.80. The van der Waals surface area contributed by atoms with Crippen LogP contribution in [0.1, 0.15) is 49.7 Å². The van der Waals surface area contributed by atoms with Gasteiger partial charge in [-0.05, 0) is 18.6 Å². The van der Waals surface area contributed by atoms with Gasteiger partial charge in [-0.3, -0.25) is 9.59 Å². The van der Waals surface area contributed by atoms with Crippen molar-refractivity contribution in [3.63, 3.8) is 0 Å². The van der Waals surface area contributed by atoms with E-state index in [0.29, 0.717) is 15.6 Å². The summed E-state index contributed by atoms with van der Waals surface area (Å²) in [6, 6.07) is 14.1. The fourth-order valence-corrected chi connectivity index (χ4v) is 3.32. The molecule has 0 radical (unpaired) electrons. The van der Waals surface area contributed by atoms with Gasteiger partial charge < -0.3 is 18.9 Å². The molecule has 0 aliphatic rings. The first-order valence-electron chi connectivity index (χ1n) is 10.0. The number of ether oxygens (including phenoxy) is 4. The second-order valence-corrected chi connectivity index (χ2v) is 7.77. The van der Waals surface area contributed by atoms with E-state index >= 15 is 0 Å². The Morgan fingerprint density at radius 3 is 1.56 bits per heavy atom. The number of hydrogen-bond acceptors (Lipinski definition) is 8. The van der Waals surface area contributed by atoms with Crippen LogP contribution in [0, 0.1) is 0 Å². The standard InChI is InChI=1S/C14H16O4.C11H11BrO4/c1-9(2)11-7-5-6-8-12(11)13(14(16)17-4)18-10(3)15;1-7(13)16-10(11(14)15-2)8-5-3-4-6-9(8)12/h5-8,13H,1H2,2-4H3;3-6,10H,1-2H3. The van der Waals surface area contributed by atoms with Crippen molar-refractivity contribution in [1.29, 1.82) is 0 Å². The molecule has 0 saturated carbocycles. The normalized spacial score (nSPS) is 11.6. The maximum atomic E-state index is 11.7. The van der Waals surface area contributed by atoms with E-state index in [0.717, 1.165) is 11.1 Å². The lowest BCUT2D eigenvalue weighted by Crippen LogP contribution is -2.20. The van der Waals surface area contributed by atoms with Gasteiger partial charge in [-0.2, -0.15) is 0 Å². The van der Waals surface area contributed by atoms with Crippen LogP contribution in [-0.2, 0) is 38.1 Å². The van der Waals surface area contributed by atoms with Crippen LogP contribution in [0.5, 0.6) is 0 Å². The molecule has 0 saturated heterocycles. The fourth-order valence-electron chi connectivity index (χ4n) is 2.83. The van der Waals surface area contributed by atoms with Crippen LogP contribution in [-0.4, -0.2) is 38.1 Å². The summed E-state index contributed by atoms with van der Waals surface area (Å²) < 4.78 is 19.9. The highest BCUT2D eigenvalue weighted by molar-refractivity contribution is 9.10. The Labute approximate surface area is 207 Å². The molecule has 34 heavy (non-hydrogen) atoms. The first-order valence-corrected chi connectivity index (χ1v) is 10.8. The monoisotopic (exact) mass is 534 g/mol. The predicted octanol–water partition coefficient (Wildman–Crippen LogP) is 4.72. The molecule has 2 unspecified atom stereocenters. The van der Waals surface area contributed by atoms with Crippen molar-refractivity contribution in [3.05, 3.63) is 76.3 Å². The molecule has 2 rings (SSSR count). The fraction of sp³-hybridized carbons (Fsp3) is 0.280. The molecule has 0 amide bonds. The first-order chi connectivity index (χ1) is 16.0. The van der Waals surface area contributed by atoms with E-state index in [1.165, 1.54) is 28.1 Å². The lowest BCUT2D eigenvalue weighted by atomic mass is 9.98. The quantitative estimate of drug-likeness (QED) is 0.371. The lowest BCUT2D eigenvalue weighted by Gasteiger charge is -2.18. The topological polar surface area (TPSA) is 105 Å². The van der Waals surface area contributed by atoms with Crippen molar-refractivity contribution in [1.82, 2.24) is 0 Å². The van der Waals surface area contributed by atoms with E-state index in [9.17, 15) is 19.2 Å². The summed E-state index contributed by atoms with van der Waals surface area (Å²) >= 11 is 3.29. The zero-order chi connectivity index (χ0) is 25.8. The highest BCUT2D eigenvalue weighted by atomic mass is 79.9. The Bertz CT molecular complexity index is 1050. The SMILES string of the molecule is C=C(C)c1ccccc1C(OC(C)=O)C(=O)OC.COC(=O)C(OC(C)=O)c1ccccc1Br. The van der Waals surface area contributed by atoms with Gasteiger partial charge in [0.05, 0.1) is 14.2 Å². The molecule has 9 heteroatoms. The highest BCUT2D eigenvalue weighted by Gasteiger charge is 2.27. The Hall–Kier alpha value is -3.46. The van der Waals surface area contributed by atoms with E-state index in [1.807, 2.05) is 19.1 Å². The van der Waals surface area contributed by atoms with Crippen molar-refractivity contribution in [2.75, 3.05) is 14.2 Å². The second kappa shape index (κ2) is 13.9. The zero-order valence-corrected chi connectivity index (χ0v) is 21.2. The molecule has 2 atom stereocenters. The Morgan fingerprint density at radius 2 is 1.15 bits per heavy atom. The van der Waals surface area contributed by atoms with Gasteiger partial charge in [0.25, 0.3) is 0 Å². The zero-order valence-electron chi connectivity index (χ0n) is 19.6. The summed E-state index contributed by atoms with van der Waals surface area (Å²) in [5.74, 6) is -2.30. The van der Waals surface area contributed by atoms with Gasteiger partial charge in [-0.15, -0.1) is 0 Å². The van der Waals surface area contributed by atoms with Crippen molar-refractivity contribution in [2.45, 2.75) is 33.0 Å². The highest BCUT2D eigenvalue weighted by Crippen LogP contribution is 2.28. The molecular weight excluding hydrogens is 508 g/mol. The maximum absolute atomic E-state index is 11.7. The molecule has 0 N–H and O–H groups in total. The number of rotatable bonds is 7. The Morgan fingerprint density at radius 1 is 0.735 bits per heavy atom. The summed E-state index contributed by atoms with van der Waals surface area (Å²) in [4.78, 5) is 45.2. The minimum atomic E-state index is -1.06. The van der Waals surface area contributed by atoms with Crippen LogP contribution in [0.2, 0.25) is 0 Å². The molecule has 0 heterocycles. The van der Waals surface area contributed by atoms with Crippen molar-refractivity contribution in [2.24, 2.45) is 0 Å². The number of halogens is 1. The van der Waals surface area contributed by atoms with Gasteiger partial charge in [-0.25, -0.2) is 9.59 Å². The number of hydrogen-bond donors (Lipinski definition) is 0. The van der Waals surface area contributed by atoms with Gasteiger partial charge in [0.1, 0.15) is 0 Å². The molecular formula is C25H27BrO8. The molecule has 182 valence electrons. The van der Waals surface area contributed by atoms with Crippen LogP contribution >= 0.6 is 15.9 Å². The molecule has 0 spiro atoms. The van der Waals surface area contributed by atoms with Gasteiger partial charge in [0.15, 0.2) is 0 Å². The molecule has 0 bridgehead atoms. The van der Waals surface area contributed by atoms with Crippen molar-refractivity contribution < 1.29 is 38.1 Å². The van der Waals surface area contributed by atoms with Crippen LogP contribution < -0.4 is 0 Å². The van der Waals surface area contributed by atoms with Crippen LogP contribution in [0.3, 0.4) is 0 Å². The first kappa shape index (κ1) is 28.6. The molecule has 2 aromatic rings. The third kappa shape index (κ3) is 8.47. The molecule has 0 fully saturated rings. The van der Waals surface area contributed by atoms with E-state index in [4.69, 9.17) is 9.47 Å². The number of allylic oxidation sites excluding steroid dienone is 1. The summed E-state index contributed by atoms with van der Waals surface area (Å²) in [6.07, 6.45) is -2.08. The van der Waals surface area contributed by atoms with E-state index in [2.05, 4.69) is 32.0 Å². The number of esters is 4. The van der Waals surface area contributed by atoms with Gasteiger partial charge in [0.2, 0.25) is 12.2 Å². The largest absolute Gasteiger partial charge is 0.466 e. The van der Waals surface area contributed by atoms with Gasteiger partial charge in [0, 0.05) is 29.4 Å². The minimum Gasteiger partial charge on any atom is -0.466 e. The predicted molar refractivity (Wildman–Crippen MR) is 128 cm³/mol. The van der Waals surface area contributed by atoms with Crippen LogP contribution in [0.15, 0.2) is 59.6 Å². The van der Waals surface area contributed by atoms with Crippen molar-refractivity contribution in [3.8, 4) is 0 Å². The van der Waals surface area contributed by atoms with Gasteiger partial charge in [-0.1, -0.05) is 70.5 Å². The molecule has 8 nitrogen and oxygen atoms in total. The van der Waals surface area contributed by atoms with Crippen LogP contribution in [0.4, 0.5) is 0 Å². The summed E-state index contributed by atoms with van der Waals surface area (Å²) in [6.45, 7) is 8.15. The van der Waals surface area contributed by atoms with Crippen molar-refractivity contribution >= 4 is 45.4 Å². The number of methoxy groups -OCH3 is 2. The van der Waals surface area contributed by atoms with Crippen LogP contribution in [0.25, 0.3) is 5.57 Å². The minimum absolute atomic E-state index is 0.536. The maximum Gasteiger partial charge on any atom is 0.352 e. The summed E-state index contributed by atoms with van der Waals surface area (Å²) in [5.41, 5.74) is 2.69. The summed E-state index contributed by atoms with van der Waals surface area (Å²) in [7, 11) is 2.50. The smallest absolute Gasteiger partial charge is 0.352 e. The molecule has 0 aliphatic carbocycles. The summed E-state index contributed by atoms with van der Waals surface area (Å²) in [5, 5.41) is 0. The van der Waals surface area contributed by atoms with Gasteiger partial charge >= 0.3 is 23.9 Å². The number of carbonyl (C=O) groups is 4. The second-order valence-electron chi connectivity index (χ2n) is 6.91. The molecule has 2 aromatic carbocycles.